The van der Waals surface area contributed by atoms with E-state index in [9.17, 15) is 24.6 Å². The molecule has 0 bridgehead atoms. The van der Waals surface area contributed by atoms with Gasteiger partial charge in [0.1, 0.15) is 16.7 Å². The number of rotatable bonds is 9. The number of carbonyl (C=O) groups excluding carboxylic acids is 2. The van der Waals surface area contributed by atoms with Crippen molar-refractivity contribution < 1.29 is 29.3 Å². The summed E-state index contributed by atoms with van der Waals surface area (Å²) in [4.78, 5) is 39.1. The Morgan fingerprint density at radius 1 is 1.16 bits per heavy atom. The number of aromatic hydroxyl groups is 1. The number of hydrogen-bond donors (Lipinski definition) is 2. The Labute approximate surface area is 189 Å². The molecule has 8 heteroatoms. The maximum atomic E-state index is 13.6. The molecule has 0 aliphatic heterocycles. The lowest BCUT2D eigenvalue weighted by molar-refractivity contribution is -0.148. The third-order valence-corrected chi connectivity index (χ3v) is 6.09. The number of carboxylic acid groups (broad SMARTS) is 1. The molecule has 3 rings (SSSR count). The number of amides is 1. The zero-order valence-corrected chi connectivity index (χ0v) is 18.7. The second-order valence-corrected chi connectivity index (χ2v) is 8.38. The van der Waals surface area contributed by atoms with Crippen LogP contribution in [-0.4, -0.2) is 45.6 Å². The summed E-state index contributed by atoms with van der Waals surface area (Å²) < 4.78 is 5.34. The highest BCUT2D eigenvalue weighted by Gasteiger charge is 2.29. The third-order valence-electron chi connectivity index (χ3n) is 5.12. The smallest absolute Gasteiger partial charge is 0.345 e. The summed E-state index contributed by atoms with van der Waals surface area (Å²) in [5, 5.41) is 22.0. The summed E-state index contributed by atoms with van der Waals surface area (Å²) in [6, 6.07) is 10.5. The van der Waals surface area contributed by atoms with Crippen LogP contribution in [0.3, 0.4) is 0 Å². The number of phenols is 1. The summed E-state index contributed by atoms with van der Waals surface area (Å²) in [6.07, 6.45) is 1.60. The van der Waals surface area contributed by atoms with Crippen LogP contribution in [0.15, 0.2) is 47.8 Å². The van der Waals surface area contributed by atoms with Gasteiger partial charge >= 0.3 is 11.9 Å². The van der Waals surface area contributed by atoms with Crippen molar-refractivity contribution in [2.24, 2.45) is 0 Å². The molecule has 1 atom stereocenters. The van der Waals surface area contributed by atoms with E-state index in [2.05, 4.69) is 0 Å². The number of fused-ring (bicyclic) bond motifs is 1. The molecule has 0 saturated heterocycles. The van der Waals surface area contributed by atoms with Gasteiger partial charge < -0.3 is 19.8 Å². The first-order valence-corrected chi connectivity index (χ1v) is 11.2. The van der Waals surface area contributed by atoms with Crippen molar-refractivity contribution in [3.63, 3.8) is 0 Å². The van der Waals surface area contributed by atoms with Gasteiger partial charge in [0.05, 0.1) is 6.61 Å². The number of esters is 1. The molecule has 0 fully saturated rings. The van der Waals surface area contributed by atoms with Crippen LogP contribution in [0.1, 0.15) is 52.3 Å². The van der Waals surface area contributed by atoms with Gasteiger partial charge in [-0.05, 0) is 65.4 Å². The summed E-state index contributed by atoms with van der Waals surface area (Å²) in [7, 11) is 0. The number of hydrogen-bond acceptors (Lipinski definition) is 6. The maximum Gasteiger partial charge on any atom is 0.345 e. The minimum absolute atomic E-state index is 0.0567. The first kappa shape index (κ1) is 23.3. The third kappa shape index (κ3) is 5.26. The minimum atomic E-state index is -1.04. The van der Waals surface area contributed by atoms with Crippen molar-refractivity contribution in [2.75, 3.05) is 6.61 Å². The van der Waals surface area contributed by atoms with Gasteiger partial charge in [0.2, 0.25) is 0 Å². The highest BCUT2D eigenvalue weighted by atomic mass is 32.1. The van der Waals surface area contributed by atoms with Crippen molar-refractivity contribution in [3.05, 3.63) is 63.8 Å². The van der Waals surface area contributed by atoms with Gasteiger partial charge in [-0.1, -0.05) is 25.5 Å². The number of nitrogens with zero attached hydrogens (tertiary/aromatic N) is 1. The average molecular weight is 456 g/mol. The second-order valence-electron chi connectivity index (χ2n) is 7.47. The summed E-state index contributed by atoms with van der Waals surface area (Å²) in [5.41, 5.74) is 0.997. The van der Waals surface area contributed by atoms with Crippen LogP contribution in [0.5, 0.6) is 5.75 Å². The molecule has 0 unspecified atom stereocenters. The molecule has 0 aliphatic carbocycles. The highest BCUT2D eigenvalue weighted by molar-refractivity contribution is 7.12. The molecule has 168 valence electrons. The molecule has 7 nitrogen and oxygen atoms in total. The molecule has 0 radical (unpaired) electrons. The number of benzene rings is 2. The van der Waals surface area contributed by atoms with Crippen LogP contribution in [0.4, 0.5) is 0 Å². The van der Waals surface area contributed by atoms with Gasteiger partial charge in [0, 0.05) is 12.1 Å². The highest BCUT2D eigenvalue weighted by Crippen LogP contribution is 2.26. The van der Waals surface area contributed by atoms with E-state index in [0.29, 0.717) is 21.9 Å². The van der Waals surface area contributed by atoms with Gasteiger partial charge in [0.25, 0.3) is 5.91 Å². The molecule has 2 N–H and O–H groups in total. The lowest BCUT2D eigenvalue weighted by Crippen LogP contribution is -2.43. The second kappa shape index (κ2) is 10.3. The van der Waals surface area contributed by atoms with E-state index < -0.39 is 18.0 Å². The van der Waals surface area contributed by atoms with E-state index in [1.165, 1.54) is 17.0 Å². The standard InChI is InChI=1S/C24H25NO6S/c1-3-4-10-31-24(30)15(2)25(13-16-11-21(23(28)29)32-14-16)22(27)20-7-5-6-17-12-18(26)8-9-19(17)20/h5-9,11-12,14-15,26H,3-4,10,13H2,1-2H3,(H,28,29)/t15-/m1/s1. The van der Waals surface area contributed by atoms with Gasteiger partial charge in [-0.25, -0.2) is 9.59 Å². The Morgan fingerprint density at radius 3 is 2.62 bits per heavy atom. The molecule has 0 spiro atoms. The van der Waals surface area contributed by atoms with Crippen molar-refractivity contribution in [3.8, 4) is 5.75 Å². The Hall–Kier alpha value is -3.39. The van der Waals surface area contributed by atoms with Gasteiger partial charge in [-0.3, -0.25) is 4.79 Å². The number of carboxylic acids is 1. The number of carbonyl (C=O) groups is 3. The monoisotopic (exact) mass is 455 g/mol. The van der Waals surface area contributed by atoms with Crippen LogP contribution in [0, 0.1) is 0 Å². The molecular weight excluding hydrogens is 430 g/mol. The van der Waals surface area contributed by atoms with Gasteiger partial charge in [-0.15, -0.1) is 11.3 Å². The summed E-state index contributed by atoms with van der Waals surface area (Å²) in [6.45, 7) is 3.92. The summed E-state index contributed by atoms with van der Waals surface area (Å²) >= 11 is 1.07. The van der Waals surface area contributed by atoms with Crippen LogP contribution in [-0.2, 0) is 16.1 Å². The van der Waals surface area contributed by atoms with Crippen LogP contribution >= 0.6 is 11.3 Å². The van der Waals surface area contributed by atoms with Crippen molar-refractivity contribution in [2.45, 2.75) is 39.3 Å². The number of ether oxygens (including phenoxy) is 1. The number of thiophene rings is 1. The fourth-order valence-corrected chi connectivity index (χ4v) is 4.07. The van der Waals surface area contributed by atoms with Crippen LogP contribution < -0.4 is 0 Å². The minimum Gasteiger partial charge on any atom is -0.508 e. The SMILES string of the molecule is CCCCOC(=O)[C@@H](C)N(Cc1csc(C(=O)O)c1)C(=O)c1cccc2cc(O)ccc12. The van der Waals surface area contributed by atoms with Crippen molar-refractivity contribution in [1.82, 2.24) is 4.90 Å². The fraction of sp³-hybridized carbons (Fsp3) is 0.292. The molecule has 0 aliphatic rings. The molecule has 0 saturated carbocycles. The number of unbranched alkanes of at least 4 members (excludes halogenated alkanes) is 1. The van der Waals surface area contributed by atoms with E-state index in [1.54, 1.807) is 42.6 Å². The van der Waals surface area contributed by atoms with E-state index >= 15 is 0 Å². The molecule has 1 heterocycles. The maximum absolute atomic E-state index is 13.6. The normalized spacial score (nSPS) is 11.8. The Morgan fingerprint density at radius 2 is 1.94 bits per heavy atom. The van der Waals surface area contributed by atoms with Crippen molar-refractivity contribution >= 4 is 40.0 Å². The topological polar surface area (TPSA) is 104 Å². The number of phenolic OH excluding ortho intramolecular Hbond substituents is 1. The average Bonchev–Trinajstić information content (AvgIpc) is 3.25. The zero-order valence-electron chi connectivity index (χ0n) is 17.9. The molecule has 1 aromatic heterocycles. The number of aromatic carboxylic acids is 1. The first-order chi connectivity index (χ1) is 15.3. The lowest BCUT2D eigenvalue weighted by Gasteiger charge is -2.28. The molecule has 3 aromatic rings. The fourth-order valence-electron chi connectivity index (χ4n) is 3.33. The molecule has 32 heavy (non-hydrogen) atoms. The largest absolute Gasteiger partial charge is 0.508 e. The first-order valence-electron chi connectivity index (χ1n) is 10.3. The van der Waals surface area contributed by atoms with Gasteiger partial charge in [0.15, 0.2) is 0 Å². The Bertz CT molecular complexity index is 1140. The van der Waals surface area contributed by atoms with Gasteiger partial charge in [-0.2, -0.15) is 0 Å². The van der Waals surface area contributed by atoms with E-state index in [1.807, 2.05) is 6.92 Å². The molecular formula is C24H25NO6S. The Balaban J connectivity index is 1.96. The lowest BCUT2D eigenvalue weighted by atomic mass is 10.0. The predicted octanol–water partition coefficient (Wildman–Crippen LogP) is 4.68. The quantitative estimate of drug-likeness (QED) is 0.359. The Kier molecular flexibility index (Phi) is 7.48. The van der Waals surface area contributed by atoms with Crippen LogP contribution in [0.2, 0.25) is 0 Å². The van der Waals surface area contributed by atoms with E-state index in [4.69, 9.17) is 4.74 Å². The van der Waals surface area contributed by atoms with Crippen molar-refractivity contribution in [1.29, 1.82) is 0 Å². The summed E-state index contributed by atoms with van der Waals surface area (Å²) in [5.74, 6) is -1.85. The molecule has 1 amide bonds. The predicted molar refractivity (Wildman–Crippen MR) is 122 cm³/mol. The van der Waals surface area contributed by atoms with E-state index in [-0.39, 0.29) is 29.7 Å². The van der Waals surface area contributed by atoms with E-state index in [0.717, 1.165) is 24.2 Å². The van der Waals surface area contributed by atoms with Crippen LogP contribution in [0.25, 0.3) is 10.8 Å². The molecule has 2 aromatic carbocycles. The zero-order chi connectivity index (χ0) is 23.3.